The summed E-state index contributed by atoms with van der Waals surface area (Å²) >= 11 is 0. The number of nitrogens with zero attached hydrogens (tertiary/aromatic N) is 1. The number of carbonyl (C=O) groups is 2. The molecule has 6 nitrogen and oxygen atoms in total. The number of aromatic amines is 1. The molecular formula is C27H15F5N4O2. The Hall–Kier alpha value is -5.06. The number of amides is 2. The van der Waals surface area contributed by atoms with Gasteiger partial charge in [0.05, 0.1) is 11.0 Å². The van der Waals surface area contributed by atoms with Crippen molar-refractivity contribution in [1.29, 1.82) is 0 Å². The highest BCUT2D eigenvalue weighted by molar-refractivity contribution is 6.06. The molecule has 1 aromatic heterocycles. The number of carbonyl (C=O) groups excluding carboxylic acids is 2. The normalized spacial score (nSPS) is 11.0. The van der Waals surface area contributed by atoms with Crippen molar-refractivity contribution in [2.24, 2.45) is 0 Å². The second-order valence-electron chi connectivity index (χ2n) is 8.11. The molecule has 190 valence electrons. The molecule has 0 saturated heterocycles. The second-order valence-corrected chi connectivity index (χ2v) is 8.11. The minimum absolute atomic E-state index is 0.0404. The van der Waals surface area contributed by atoms with E-state index in [0.717, 1.165) is 0 Å². The van der Waals surface area contributed by atoms with E-state index in [-0.39, 0.29) is 11.6 Å². The van der Waals surface area contributed by atoms with Crippen molar-refractivity contribution < 1.29 is 31.5 Å². The number of fused-ring (bicyclic) bond motifs is 1. The predicted molar refractivity (Wildman–Crippen MR) is 130 cm³/mol. The Bertz CT molecular complexity index is 1670. The van der Waals surface area contributed by atoms with Gasteiger partial charge in [-0.3, -0.25) is 9.59 Å². The van der Waals surface area contributed by atoms with Crippen LogP contribution in [0.4, 0.5) is 33.3 Å². The lowest BCUT2D eigenvalue weighted by molar-refractivity contribution is 0.101. The average Bonchev–Trinajstić information content (AvgIpc) is 3.35. The van der Waals surface area contributed by atoms with Gasteiger partial charge in [-0.05, 0) is 54.6 Å². The Balaban J connectivity index is 1.34. The maximum Gasteiger partial charge on any atom is 0.261 e. The van der Waals surface area contributed by atoms with Gasteiger partial charge in [0.25, 0.3) is 11.8 Å². The first-order chi connectivity index (χ1) is 18.2. The topological polar surface area (TPSA) is 86.9 Å². The third kappa shape index (κ3) is 4.57. The summed E-state index contributed by atoms with van der Waals surface area (Å²) < 4.78 is 67.9. The van der Waals surface area contributed by atoms with E-state index in [1.165, 1.54) is 24.3 Å². The van der Waals surface area contributed by atoms with Crippen molar-refractivity contribution in [3.05, 3.63) is 113 Å². The van der Waals surface area contributed by atoms with Gasteiger partial charge in [0.1, 0.15) is 11.4 Å². The number of para-hydroxylation sites is 1. The lowest BCUT2D eigenvalue weighted by atomic mass is 10.1. The molecule has 0 saturated carbocycles. The molecule has 0 aliphatic heterocycles. The van der Waals surface area contributed by atoms with E-state index >= 15 is 0 Å². The van der Waals surface area contributed by atoms with Crippen molar-refractivity contribution in [3.8, 4) is 11.4 Å². The highest BCUT2D eigenvalue weighted by Crippen LogP contribution is 2.26. The Morgan fingerprint density at radius 2 is 1.24 bits per heavy atom. The molecule has 0 bridgehead atoms. The standard InChI is InChI=1S/C27H15F5N4O2/c28-20-19(21(29)23(31)24(32)22(20)30)27(38)34-16-9-6-13(7-10-16)25-35-17-11-8-14(12-18(17)36-25)26(37)33-15-4-2-1-3-5-15/h1-12H,(H,33,37)(H,34,38)(H,35,36). The Morgan fingerprint density at radius 3 is 1.89 bits per heavy atom. The Morgan fingerprint density at radius 1 is 0.658 bits per heavy atom. The molecule has 0 atom stereocenters. The van der Waals surface area contributed by atoms with Crippen LogP contribution in [0.1, 0.15) is 20.7 Å². The van der Waals surface area contributed by atoms with Crippen molar-refractivity contribution >= 4 is 34.2 Å². The molecular weight excluding hydrogens is 507 g/mol. The summed E-state index contributed by atoms with van der Waals surface area (Å²) in [5, 5.41) is 4.90. The second kappa shape index (κ2) is 9.77. The van der Waals surface area contributed by atoms with Gasteiger partial charge in [0.2, 0.25) is 5.82 Å². The van der Waals surface area contributed by atoms with Crippen LogP contribution in [-0.2, 0) is 0 Å². The van der Waals surface area contributed by atoms with E-state index in [4.69, 9.17) is 0 Å². The highest BCUT2D eigenvalue weighted by Gasteiger charge is 2.29. The van der Waals surface area contributed by atoms with Gasteiger partial charge >= 0.3 is 0 Å². The van der Waals surface area contributed by atoms with Crippen LogP contribution in [0, 0.1) is 29.1 Å². The van der Waals surface area contributed by atoms with Crippen molar-refractivity contribution in [2.45, 2.75) is 0 Å². The molecule has 0 aliphatic carbocycles. The van der Waals surface area contributed by atoms with Gasteiger partial charge in [-0.1, -0.05) is 18.2 Å². The minimum Gasteiger partial charge on any atom is -0.338 e. The van der Waals surface area contributed by atoms with Crippen LogP contribution < -0.4 is 10.6 Å². The molecule has 0 spiro atoms. The molecule has 5 aromatic rings. The molecule has 0 fully saturated rings. The third-order valence-corrected chi connectivity index (χ3v) is 5.63. The predicted octanol–water partition coefficient (Wildman–Crippen LogP) is 6.43. The first-order valence-electron chi connectivity index (χ1n) is 11.0. The number of halogens is 5. The molecule has 1 heterocycles. The zero-order valence-corrected chi connectivity index (χ0v) is 19.1. The smallest absolute Gasteiger partial charge is 0.261 e. The Labute approximate surface area is 211 Å². The van der Waals surface area contributed by atoms with Crippen LogP contribution in [0.2, 0.25) is 0 Å². The average molecular weight is 522 g/mol. The summed E-state index contributed by atoms with van der Waals surface area (Å²) in [6.07, 6.45) is 0. The number of hydrogen-bond donors (Lipinski definition) is 3. The molecule has 0 unspecified atom stereocenters. The summed E-state index contributed by atoms with van der Waals surface area (Å²) in [5.41, 5.74) is 1.22. The molecule has 5 rings (SSSR count). The van der Waals surface area contributed by atoms with E-state index in [1.54, 1.807) is 42.5 Å². The number of aromatic nitrogens is 2. The molecule has 38 heavy (non-hydrogen) atoms. The van der Waals surface area contributed by atoms with Crippen LogP contribution in [0.5, 0.6) is 0 Å². The summed E-state index contributed by atoms with van der Waals surface area (Å²) in [6, 6.07) is 19.7. The third-order valence-electron chi connectivity index (χ3n) is 5.63. The van der Waals surface area contributed by atoms with Gasteiger partial charge in [-0.15, -0.1) is 0 Å². The number of nitrogens with one attached hydrogen (secondary N) is 3. The molecule has 3 N–H and O–H groups in total. The van der Waals surface area contributed by atoms with Crippen LogP contribution in [0.25, 0.3) is 22.4 Å². The SMILES string of the molecule is O=C(Nc1ccccc1)c1ccc2[nH]c(-c3ccc(NC(=O)c4c(F)c(F)c(F)c(F)c4F)cc3)nc2c1. The zero-order valence-electron chi connectivity index (χ0n) is 19.1. The van der Waals surface area contributed by atoms with E-state index in [1.807, 2.05) is 6.07 Å². The van der Waals surface area contributed by atoms with Gasteiger partial charge in [-0.25, -0.2) is 26.9 Å². The Kier molecular flexibility index (Phi) is 6.33. The monoisotopic (exact) mass is 522 g/mol. The number of anilines is 2. The van der Waals surface area contributed by atoms with Crippen molar-refractivity contribution in [1.82, 2.24) is 9.97 Å². The number of H-pyrrole nitrogens is 1. The minimum atomic E-state index is -2.35. The molecule has 11 heteroatoms. The van der Waals surface area contributed by atoms with Gasteiger partial charge in [-0.2, -0.15) is 0 Å². The van der Waals surface area contributed by atoms with Crippen molar-refractivity contribution in [2.75, 3.05) is 10.6 Å². The lowest BCUT2D eigenvalue weighted by Crippen LogP contribution is -2.19. The van der Waals surface area contributed by atoms with Gasteiger partial charge in [0, 0.05) is 22.5 Å². The summed E-state index contributed by atoms with van der Waals surface area (Å²) in [7, 11) is 0. The maximum atomic E-state index is 13.9. The lowest BCUT2D eigenvalue weighted by Gasteiger charge is -2.09. The molecule has 2 amide bonds. The fourth-order valence-corrected chi connectivity index (χ4v) is 3.72. The first-order valence-corrected chi connectivity index (χ1v) is 11.0. The maximum absolute atomic E-state index is 13.9. The molecule has 4 aromatic carbocycles. The summed E-state index contributed by atoms with van der Waals surface area (Å²) in [4.78, 5) is 32.4. The molecule has 0 radical (unpaired) electrons. The largest absolute Gasteiger partial charge is 0.338 e. The van der Waals surface area contributed by atoms with Crippen LogP contribution in [0.3, 0.4) is 0 Å². The van der Waals surface area contributed by atoms with Crippen LogP contribution in [-0.4, -0.2) is 21.8 Å². The fraction of sp³-hybridized carbons (Fsp3) is 0. The number of benzene rings is 4. The van der Waals surface area contributed by atoms with E-state index in [9.17, 15) is 31.5 Å². The quantitative estimate of drug-likeness (QED) is 0.141. The van der Waals surface area contributed by atoms with Crippen LogP contribution >= 0.6 is 0 Å². The van der Waals surface area contributed by atoms with E-state index in [2.05, 4.69) is 20.6 Å². The summed E-state index contributed by atoms with van der Waals surface area (Å²) in [6.45, 7) is 0. The number of rotatable bonds is 5. The highest BCUT2D eigenvalue weighted by atomic mass is 19.2. The molecule has 0 aliphatic rings. The van der Waals surface area contributed by atoms with Gasteiger partial charge in [0.15, 0.2) is 23.3 Å². The van der Waals surface area contributed by atoms with Crippen LogP contribution in [0.15, 0.2) is 72.8 Å². The van der Waals surface area contributed by atoms with Gasteiger partial charge < -0.3 is 15.6 Å². The van der Waals surface area contributed by atoms with Crippen molar-refractivity contribution in [3.63, 3.8) is 0 Å². The number of imidazole rings is 1. The fourth-order valence-electron chi connectivity index (χ4n) is 3.72. The summed E-state index contributed by atoms with van der Waals surface area (Å²) in [5.74, 6) is -12.6. The van der Waals surface area contributed by atoms with E-state index in [0.29, 0.717) is 33.7 Å². The zero-order chi connectivity index (χ0) is 27.0. The van der Waals surface area contributed by atoms with E-state index < -0.39 is 40.6 Å². The number of hydrogen-bond acceptors (Lipinski definition) is 3. The first kappa shape index (κ1) is 24.6.